The van der Waals surface area contributed by atoms with Crippen LogP contribution in [0.25, 0.3) is 6.08 Å². The third kappa shape index (κ3) is 2.26. The first-order valence-electron chi connectivity index (χ1n) is 4.02. The summed E-state index contributed by atoms with van der Waals surface area (Å²) in [5.41, 5.74) is 0.912. The summed E-state index contributed by atoms with van der Waals surface area (Å²) in [4.78, 5) is 20.5. The summed E-state index contributed by atoms with van der Waals surface area (Å²) < 4.78 is 0. The molecule has 4 heteroatoms. The predicted octanol–water partition coefficient (Wildman–Crippen LogP) is 2.20. The Morgan fingerprint density at radius 2 is 2.07 bits per heavy atom. The summed E-state index contributed by atoms with van der Waals surface area (Å²) in [5, 5.41) is 10.6. The van der Waals surface area contributed by atoms with Gasteiger partial charge in [0.2, 0.25) is 0 Å². The van der Waals surface area contributed by atoms with Gasteiger partial charge in [-0.25, -0.2) is 0 Å². The molecule has 72 valence electrons. The topological polar surface area (TPSA) is 60.2 Å². The number of allylic oxidation sites excluding steroid dienone is 1. The Kier molecular flexibility index (Phi) is 3.12. The molecule has 0 N–H and O–H groups in total. The van der Waals surface area contributed by atoms with Crippen molar-refractivity contribution in [3.05, 3.63) is 45.5 Å². The standard InChI is InChI=1S/C10H9NO3/c1-8(7-12)6-9-4-2-3-5-10(9)11(13)14/h2-7H,1H3/b8-6+. The molecule has 14 heavy (non-hydrogen) atoms. The zero-order valence-corrected chi connectivity index (χ0v) is 7.64. The molecule has 0 saturated heterocycles. The van der Waals surface area contributed by atoms with Gasteiger partial charge in [-0.05, 0) is 24.6 Å². The first-order valence-corrected chi connectivity index (χ1v) is 4.02. The monoisotopic (exact) mass is 191 g/mol. The van der Waals surface area contributed by atoms with Crippen molar-refractivity contribution in [3.63, 3.8) is 0 Å². The molecule has 0 amide bonds. The number of nitro groups is 1. The number of carbonyl (C=O) groups is 1. The molecule has 0 aliphatic carbocycles. The molecule has 0 aromatic heterocycles. The van der Waals surface area contributed by atoms with E-state index in [1.807, 2.05) is 0 Å². The van der Waals surface area contributed by atoms with Gasteiger partial charge in [0, 0.05) is 6.07 Å². The highest BCUT2D eigenvalue weighted by atomic mass is 16.6. The van der Waals surface area contributed by atoms with E-state index < -0.39 is 4.92 Å². The van der Waals surface area contributed by atoms with Crippen molar-refractivity contribution in [3.8, 4) is 0 Å². The Morgan fingerprint density at radius 3 is 2.64 bits per heavy atom. The van der Waals surface area contributed by atoms with Crippen LogP contribution < -0.4 is 0 Å². The summed E-state index contributed by atoms with van der Waals surface area (Å²) in [6, 6.07) is 6.29. The van der Waals surface area contributed by atoms with Gasteiger partial charge in [-0.1, -0.05) is 12.1 Å². The van der Waals surface area contributed by atoms with E-state index in [0.717, 1.165) is 0 Å². The average Bonchev–Trinajstić information content (AvgIpc) is 2.18. The molecule has 1 aromatic rings. The first kappa shape index (κ1) is 10.1. The largest absolute Gasteiger partial charge is 0.298 e. The minimum absolute atomic E-state index is 0.00806. The summed E-state index contributed by atoms with van der Waals surface area (Å²) in [6.07, 6.45) is 2.15. The maximum absolute atomic E-state index is 10.6. The molecule has 0 unspecified atom stereocenters. The van der Waals surface area contributed by atoms with Crippen molar-refractivity contribution in [2.75, 3.05) is 0 Å². The Hall–Kier alpha value is -1.97. The smallest absolute Gasteiger partial charge is 0.276 e. The van der Waals surface area contributed by atoms with Crippen LogP contribution in [0.1, 0.15) is 12.5 Å². The fourth-order valence-electron chi connectivity index (χ4n) is 1.06. The van der Waals surface area contributed by atoms with Crippen LogP contribution in [0.5, 0.6) is 0 Å². The third-order valence-corrected chi connectivity index (χ3v) is 1.70. The van der Waals surface area contributed by atoms with Gasteiger partial charge < -0.3 is 0 Å². The number of rotatable bonds is 3. The first-order chi connectivity index (χ1) is 6.65. The van der Waals surface area contributed by atoms with E-state index in [0.29, 0.717) is 17.4 Å². The quantitative estimate of drug-likeness (QED) is 0.318. The van der Waals surface area contributed by atoms with Crippen LogP contribution in [0.2, 0.25) is 0 Å². The van der Waals surface area contributed by atoms with Gasteiger partial charge in [-0.15, -0.1) is 0 Å². The highest BCUT2D eigenvalue weighted by molar-refractivity contribution is 5.82. The Bertz CT molecular complexity index is 396. The van der Waals surface area contributed by atoms with E-state index in [1.54, 1.807) is 25.1 Å². The number of carbonyl (C=O) groups excluding carboxylic acids is 1. The summed E-state index contributed by atoms with van der Waals surface area (Å²) in [5.74, 6) is 0. The van der Waals surface area contributed by atoms with E-state index in [2.05, 4.69) is 0 Å². The van der Waals surface area contributed by atoms with Gasteiger partial charge in [-0.3, -0.25) is 14.9 Å². The van der Waals surface area contributed by atoms with Crippen LogP contribution in [-0.2, 0) is 4.79 Å². The molecule has 0 fully saturated rings. The van der Waals surface area contributed by atoms with E-state index in [4.69, 9.17) is 0 Å². The van der Waals surface area contributed by atoms with E-state index in [1.165, 1.54) is 12.1 Å². The minimum atomic E-state index is -0.468. The summed E-state index contributed by atoms with van der Waals surface area (Å²) in [7, 11) is 0. The van der Waals surface area contributed by atoms with Crippen LogP contribution in [0, 0.1) is 10.1 Å². The van der Waals surface area contributed by atoms with Gasteiger partial charge in [0.05, 0.1) is 10.5 Å². The highest BCUT2D eigenvalue weighted by Crippen LogP contribution is 2.19. The van der Waals surface area contributed by atoms with Crippen LogP contribution in [0.4, 0.5) is 5.69 Å². The lowest BCUT2D eigenvalue weighted by Crippen LogP contribution is -1.91. The van der Waals surface area contributed by atoms with Gasteiger partial charge >= 0.3 is 0 Å². The van der Waals surface area contributed by atoms with Gasteiger partial charge in [0.25, 0.3) is 5.69 Å². The second-order valence-corrected chi connectivity index (χ2v) is 2.82. The average molecular weight is 191 g/mol. The fraction of sp³-hybridized carbons (Fsp3) is 0.100. The molecule has 0 heterocycles. The molecule has 1 aromatic carbocycles. The number of hydrogen-bond donors (Lipinski definition) is 0. The molecule has 1 rings (SSSR count). The SMILES string of the molecule is C/C(C=O)=C\c1ccccc1[N+](=O)[O-]. The maximum Gasteiger partial charge on any atom is 0.276 e. The van der Waals surface area contributed by atoms with Gasteiger partial charge in [0.15, 0.2) is 0 Å². The number of benzene rings is 1. The number of nitro benzene ring substituents is 1. The molecule has 0 aliphatic rings. The van der Waals surface area contributed by atoms with Crippen molar-refractivity contribution >= 4 is 18.0 Å². The number of para-hydroxylation sites is 1. The van der Waals surface area contributed by atoms with Crippen LogP contribution >= 0.6 is 0 Å². The minimum Gasteiger partial charge on any atom is -0.298 e. The van der Waals surface area contributed by atoms with Gasteiger partial charge in [0.1, 0.15) is 6.29 Å². The molecular formula is C10H9NO3. The van der Waals surface area contributed by atoms with Crippen LogP contribution in [-0.4, -0.2) is 11.2 Å². The Labute approximate surface area is 81.0 Å². The second-order valence-electron chi connectivity index (χ2n) is 2.82. The van der Waals surface area contributed by atoms with E-state index in [9.17, 15) is 14.9 Å². The molecule has 0 bridgehead atoms. The fourth-order valence-corrected chi connectivity index (χ4v) is 1.06. The van der Waals surface area contributed by atoms with Crippen LogP contribution in [0.15, 0.2) is 29.8 Å². The Balaban J connectivity index is 3.20. The lowest BCUT2D eigenvalue weighted by Gasteiger charge is -1.96. The molecule has 0 atom stereocenters. The predicted molar refractivity (Wildman–Crippen MR) is 52.8 cm³/mol. The zero-order valence-electron chi connectivity index (χ0n) is 7.64. The number of nitrogens with zero attached hydrogens (tertiary/aromatic N) is 1. The molecule has 0 aliphatic heterocycles. The van der Waals surface area contributed by atoms with Crippen molar-refractivity contribution in [1.29, 1.82) is 0 Å². The summed E-state index contributed by atoms with van der Waals surface area (Å²) >= 11 is 0. The lowest BCUT2D eigenvalue weighted by atomic mass is 10.1. The molecular weight excluding hydrogens is 182 g/mol. The molecule has 0 radical (unpaired) electrons. The van der Waals surface area contributed by atoms with Crippen molar-refractivity contribution in [1.82, 2.24) is 0 Å². The zero-order chi connectivity index (χ0) is 10.6. The third-order valence-electron chi connectivity index (χ3n) is 1.70. The maximum atomic E-state index is 10.6. The van der Waals surface area contributed by atoms with Gasteiger partial charge in [-0.2, -0.15) is 0 Å². The molecule has 4 nitrogen and oxygen atoms in total. The highest BCUT2D eigenvalue weighted by Gasteiger charge is 2.09. The normalized spacial score (nSPS) is 11.1. The van der Waals surface area contributed by atoms with E-state index >= 15 is 0 Å². The number of hydrogen-bond acceptors (Lipinski definition) is 3. The molecule has 0 spiro atoms. The lowest BCUT2D eigenvalue weighted by molar-refractivity contribution is -0.385. The number of aldehydes is 1. The van der Waals surface area contributed by atoms with Crippen molar-refractivity contribution in [2.45, 2.75) is 6.92 Å². The van der Waals surface area contributed by atoms with E-state index in [-0.39, 0.29) is 5.69 Å². The van der Waals surface area contributed by atoms with Crippen LogP contribution in [0.3, 0.4) is 0 Å². The van der Waals surface area contributed by atoms with Crippen molar-refractivity contribution in [2.24, 2.45) is 0 Å². The van der Waals surface area contributed by atoms with Crippen molar-refractivity contribution < 1.29 is 9.72 Å². The Morgan fingerprint density at radius 1 is 1.43 bits per heavy atom. The second kappa shape index (κ2) is 4.32. The molecule has 0 saturated carbocycles. The summed E-state index contributed by atoms with van der Waals surface area (Å²) in [6.45, 7) is 1.60.